The first kappa shape index (κ1) is 16.6. The third kappa shape index (κ3) is 3.08. The number of ketones is 1. The summed E-state index contributed by atoms with van der Waals surface area (Å²) in [4.78, 5) is 24.2. The van der Waals surface area contributed by atoms with E-state index in [1.54, 1.807) is 6.07 Å². The lowest BCUT2D eigenvalue weighted by Crippen LogP contribution is -2.39. The average Bonchev–Trinajstić information content (AvgIpc) is 2.56. The summed E-state index contributed by atoms with van der Waals surface area (Å²) in [5.41, 5.74) is 0.630. The molecule has 0 saturated carbocycles. The van der Waals surface area contributed by atoms with E-state index in [0.29, 0.717) is 5.56 Å². The Morgan fingerprint density at radius 1 is 1.16 bits per heavy atom. The first-order valence-electron chi connectivity index (χ1n) is 7.48. The number of Topliss-reactive ketones (excluding diaryl/α,β-unsaturated/α-hetero) is 1. The van der Waals surface area contributed by atoms with Crippen LogP contribution in [0, 0.1) is 0 Å². The van der Waals surface area contributed by atoms with Crippen LogP contribution in [0.2, 0.25) is 0 Å². The molecule has 2 aromatic carbocycles. The third-order valence-corrected chi connectivity index (χ3v) is 3.84. The number of phenols is 2. The van der Waals surface area contributed by atoms with Crippen LogP contribution in [0.15, 0.2) is 36.4 Å². The van der Waals surface area contributed by atoms with Crippen LogP contribution in [0.3, 0.4) is 0 Å². The summed E-state index contributed by atoms with van der Waals surface area (Å²) in [6.45, 7) is 1.20. The number of carbonyl (C=O) groups excluding carboxylic acids is 2. The number of fused-ring (bicyclic) bond motifs is 1. The number of esters is 1. The zero-order valence-corrected chi connectivity index (χ0v) is 13.6. The van der Waals surface area contributed by atoms with E-state index in [1.165, 1.54) is 44.4 Å². The molecular weight excluding hydrogens is 328 g/mol. The molecule has 7 nitrogen and oxygen atoms in total. The highest BCUT2D eigenvalue weighted by Crippen LogP contribution is 2.40. The standard InChI is InChI=1S/C18H16O7/c1-9(19)24-18-16(22)12-5-4-11(20)8-15(12)25-17(18)10-3-6-14(23-2)13(21)7-10/h3-8,17-18,20-21H,1-2H3/t17-,18+/m1/s1. The summed E-state index contributed by atoms with van der Waals surface area (Å²) in [7, 11) is 1.41. The fourth-order valence-electron chi connectivity index (χ4n) is 2.72. The summed E-state index contributed by atoms with van der Waals surface area (Å²) in [5, 5.41) is 19.6. The molecule has 0 fully saturated rings. The van der Waals surface area contributed by atoms with Crippen LogP contribution in [0.1, 0.15) is 28.9 Å². The van der Waals surface area contributed by atoms with Crippen molar-refractivity contribution >= 4 is 11.8 Å². The van der Waals surface area contributed by atoms with Crippen molar-refractivity contribution in [1.29, 1.82) is 0 Å². The maximum atomic E-state index is 12.7. The van der Waals surface area contributed by atoms with E-state index in [4.69, 9.17) is 14.2 Å². The van der Waals surface area contributed by atoms with Crippen LogP contribution >= 0.6 is 0 Å². The van der Waals surface area contributed by atoms with Crippen molar-refractivity contribution in [3.63, 3.8) is 0 Å². The molecule has 2 atom stereocenters. The van der Waals surface area contributed by atoms with Crippen molar-refractivity contribution in [2.75, 3.05) is 7.11 Å². The number of methoxy groups -OCH3 is 1. The molecule has 0 unspecified atom stereocenters. The minimum atomic E-state index is -1.21. The van der Waals surface area contributed by atoms with Gasteiger partial charge in [-0.05, 0) is 24.3 Å². The Balaban J connectivity index is 2.07. The molecule has 2 aromatic rings. The molecule has 1 aliphatic rings. The van der Waals surface area contributed by atoms with Gasteiger partial charge in [0, 0.05) is 18.6 Å². The molecule has 0 bridgehead atoms. The summed E-state index contributed by atoms with van der Waals surface area (Å²) >= 11 is 0. The number of ether oxygens (including phenoxy) is 3. The first-order chi connectivity index (χ1) is 11.9. The smallest absolute Gasteiger partial charge is 0.303 e. The summed E-state index contributed by atoms with van der Waals surface area (Å²) in [6, 6.07) is 8.56. The maximum Gasteiger partial charge on any atom is 0.303 e. The number of carbonyl (C=O) groups is 2. The minimum Gasteiger partial charge on any atom is -0.508 e. The van der Waals surface area contributed by atoms with Crippen LogP contribution in [-0.2, 0) is 9.53 Å². The number of benzene rings is 2. The highest BCUT2D eigenvalue weighted by molar-refractivity contribution is 6.04. The molecule has 25 heavy (non-hydrogen) atoms. The molecule has 130 valence electrons. The monoisotopic (exact) mass is 344 g/mol. The van der Waals surface area contributed by atoms with E-state index < -0.39 is 24.0 Å². The molecule has 7 heteroatoms. The number of aromatic hydroxyl groups is 2. The lowest BCUT2D eigenvalue weighted by Gasteiger charge is -2.32. The second-order valence-electron chi connectivity index (χ2n) is 5.54. The molecule has 0 radical (unpaired) electrons. The van der Waals surface area contributed by atoms with Gasteiger partial charge in [-0.1, -0.05) is 6.07 Å². The Bertz CT molecular complexity index is 843. The summed E-state index contributed by atoms with van der Waals surface area (Å²) in [5.74, 6) is -0.849. The van der Waals surface area contributed by atoms with Gasteiger partial charge in [-0.25, -0.2) is 0 Å². The zero-order chi connectivity index (χ0) is 18.1. The Hall–Kier alpha value is -3.22. The van der Waals surface area contributed by atoms with E-state index in [1.807, 2.05) is 0 Å². The molecule has 0 spiro atoms. The second kappa shape index (κ2) is 6.35. The molecule has 2 N–H and O–H groups in total. The molecular formula is C18H16O7. The molecule has 1 aliphatic heterocycles. The van der Waals surface area contributed by atoms with Crippen molar-refractivity contribution in [3.05, 3.63) is 47.5 Å². The Morgan fingerprint density at radius 2 is 1.92 bits per heavy atom. The molecule has 1 heterocycles. The number of rotatable bonds is 3. The van der Waals surface area contributed by atoms with Gasteiger partial charge in [0.25, 0.3) is 0 Å². The molecule has 0 amide bonds. The van der Waals surface area contributed by atoms with Gasteiger partial charge in [0.2, 0.25) is 11.9 Å². The predicted octanol–water partition coefficient (Wildman–Crippen LogP) is 2.35. The fraction of sp³-hybridized carbons (Fsp3) is 0.222. The van der Waals surface area contributed by atoms with E-state index in [2.05, 4.69) is 0 Å². The second-order valence-corrected chi connectivity index (χ2v) is 5.54. The Morgan fingerprint density at radius 3 is 2.56 bits per heavy atom. The molecule has 3 rings (SSSR count). The maximum absolute atomic E-state index is 12.7. The van der Waals surface area contributed by atoms with Crippen molar-refractivity contribution in [2.24, 2.45) is 0 Å². The third-order valence-electron chi connectivity index (χ3n) is 3.84. The van der Waals surface area contributed by atoms with Gasteiger partial charge in [-0.3, -0.25) is 9.59 Å². The zero-order valence-electron chi connectivity index (χ0n) is 13.6. The van der Waals surface area contributed by atoms with Gasteiger partial charge >= 0.3 is 5.97 Å². The molecule has 0 saturated heterocycles. The molecule has 0 aliphatic carbocycles. The predicted molar refractivity (Wildman–Crippen MR) is 86.0 cm³/mol. The topological polar surface area (TPSA) is 102 Å². The lowest BCUT2D eigenvalue weighted by molar-refractivity contribution is -0.148. The summed E-state index contributed by atoms with van der Waals surface area (Å²) in [6.07, 6.45) is -2.18. The van der Waals surface area contributed by atoms with E-state index in [-0.39, 0.29) is 28.6 Å². The van der Waals surface area contributed by atoms with Gasteiger partial charge in [0.15, 0.2) is 17.6 Å². The van der Waals surface area contributed by atoms with Gasteiger partial charge in [0.1, 0.15) is 11.5 Å². The normalized spacial score (nSPS) is 18.9. The average molecular weight is 344 g/mol. The number of hydrogen-bond acceptors (Lipinski definition) is 7. The van der Waals surface area contributed by atoms with Crippen LogP contribution < -0.4 is 9.47 Å². The van der Waals surface area contributed by atoms with Crippen molar-refractivity contribution in [1.82, 2.24) is 0 Å². The van der Waals surface area contributed by atoms with Crippen LogP contribution in [-0.4, -0.2) is 35.2 Å². The fourth-order valence-corrected chi connectivity index (χ4v) is 2.72. The van der Waals surface area contributed by atoms with Gasteiger partial charge in [0.05, 0.1) is 12.7 Å². The van der Waals surface area contributed by atoms with Gasteiger partial charge < -0.3 is 24.4 Å². The van der Waals surface area contributed by atoms with E-state index in [0.717, 1.165) is 0 Å². The quantitative estimate of drug-likeness (QED) is 0.824. The Kier molecular flexibility index (Phi) is 4.22. The van der Waals surface area contributed by atoms with Crippen molar-refractivity contribution in [3.8, 4) is 23.0 Å². The minimum absolute atomic E-state index is 0.0613. The van der Waals surface area contributed by atoms with Crippen LogP contribution in [0.4, 0.5) is 0 Å². The van der Waals surface area contributed by atoms with Crippen molar-refractivity contribution in [2.45, 2.75) is 19.1 Å². The number of phenolic OH excluding ortho intramolecular Hbond substituents is 2. The van der Waals surface area contributed by atoms with Gasteiger partial charge in [-0.15, -0.1) is 0 Å². The van der Waals surface area contributed by atoms with Crippen LogP contribution in [0.5, 0.6) is 23.0 Å². The highest BCUT2D eigenvalue weighted by Gasteiger charge is 2.41. The SMILES string of the molecule is COc1ccc([C@H]2Oc3cc(O)ccc3C(=O)[C@@H]2OC(C)=O)cc1O. The van der Waals surface area contributed by atoms with E-state index in [9.17, 15) is 19.8 Å². The largest absolute Gasteiger partial charge is 0.508 e. The Labute approximate surface area is 143 Å². The highest BCUT2D eigenvalue weighted by atomic mass is 16.6. The summed E-state index contributed by atoms with van der Waals surface area (Å²) < 4.78 is 16.0. The molecule has 0 aromatic heterocycles. The van der Waals surface area contributed by atoms with Crippen molar-refractivity contribution < 1.29 is 34.0 Å². The lowest BCUT2D eigenvalue weighted by atomic mass is 9.93. The van der Waals surface area contributed by atoms with E-state index >= 15 is 0 Å². The number of hydrogen-bond donors (Lipinski definition) is 2. The van der Waals surface area contributed by atoms with Crippen LogP contribution in [0.25, 0.3) is 0 Å². The van der Waals surface area contributed by atoms with Gasteiger partial charge in [-0.2, -0.15) is 0 Å². The first-order valence-corrected chi connectivity index (χ1v) is 7.48.